The van der Waals surface area contributed by atoms with E-state index in [0.29, 0.717) is 10.7 Å². The van der Waals surface area contributed by atoms with Crippen molar-refractivity contribution >= 4 is 34.8 Å². The molecule has 0 aliphatic heterocycles. The predicted molar refractivity (Wildman–Crippen MR) is 75.6 cm³/mol. The molecule has 0 heterocycles. The van der Waals surface area contributed by atoms with Crippen molar-refractivity contribution in [3.63, 3.8) is 0 Å². The van der Waals surface area contributed by atoms with Crippen LogP contribution >= 0.6 is 23.2 Å². The molecule has 0 aliphatic rings. The first-order valence-corrected chi connectivity index (χ1v) is 6.25. The second-order valence-electron chi connectivity index (χ2n) is 4.06. The molecule has 2 aromatic carbocycles. The maximum Gasteiger partial charge on any atom is 0.258 e. The van der Waals surface area contributed by atoms with E-state index in [0.717, 1.165) is 11.6 Å². The Morgan fingerprint density at radius 3 is 2.53 bits per heavy atom. The van der Waals surface area contributed by atoms with Crippen molar-refractivity contribution in [2.45, 2.75) is 6.92 Å². The van der Waals surface area contributed by atoms with Gasteiger partial charge in [0.05, 0.1) is 16.3 Å². The number of carbonyl (C=O) groups is 1. The minimum atomic E-state index is -0.673. The van der Waals surface area contributed by atoms with Crippen molar-refractivity contribution < 1.29 is 9.18 Å². The molecule has 0 spiro atoms. The van der Waals surface area contributed by atoms with E-state index < -0.39 is 11.7 Å². The maximum atomic E-state index is 13.6. The molecule has 0 saturated heterocycles. The molecule has 0 radical (unpaired) electrons. The largest absolute Gasteiger partial charge is 0.321 e. The van der Waals surface area contributed by atoms with Crippen LogP contribution in [0.5, 0.6) is 0 Å². The molecule has 2 aromatic rings. The van der Waals surface area contributed by atoms with Crippen LogP contribution in [0, 0.1) is 12.7 Å². The molecular weight excluding hydrogens is 288 g/mol. The van der Waals surface area contributed by atoms with Gasteiger partial charge in [0.15, 0.2) is 0 Å². The molecular formula is C14H10Cl2FNO. The molecule has 19 heavy (non-hydrogen) atoms. The molecule has 0 unspecified atom stereocenters. The minimum Gasteiger partial charge on any atom is -0.321 e. The topological polar surface area (TPSA) is 29.1 Å². The first-order chi connectivity index (χ1) is 8.97. The van der Waals surface area contributed by atoms with E-state index >= 15 is 0 Å². The van der Waals surface area contributed by atoms with Gasteiger partial charge in [-0.25, -0.2) is 4.39 Å². The molecule has 1 N–H and O–H groups in total. The zero-order chi connectivity index (χ0) is 14.0. The number of aryl methyl sites for hydroxylation is 1. The van der Waals surface area contributed by atoms with E-state index in [2.05, 4.69) is 5.32 Å². The van der Waals surface area contributed by atoms with Crippen LogP contribution in [0.25, 0.3) is 0 Å². The third-order valence-electron chi connectivity index (χ3n) is 2.55. The molecule has 1 amide bonds. The lowest BCUT2D eigenvalue weighted by molar-refractivity contribution is 0.102. The number of rotatable bonds is 2. The van der Waals surface area contributed by atoms with E-state index in [9.17, 15) is 9.18 Å². The summed E-state index contributed by atoms with van der Waals surface area (Å²) < 4.78 is 13.6. The molecule has 0 aliphatic carbocycles. The van der Waals surface area contributed by atoms with Gasteiger partial charge in [-0.05, 0) is 42.8 Å². The van der Waals surface area contributed by atoms with Crippen molar-refractivity contribution in [2.75, 3.05) is 5.32 Å². The van der Waals surface area contributed by atoms with Crippen LogP contribution < -0.4 is 5.32 Å². The Morgan fingerprint density at radius 1 is 1.16 bits per heavy atom. The number of amides is 1. The van der Waals surface area contributed by atoms with Crippen molar-refractivity contribution in [3.8, 4) is 0 Å². The fourth-order valence-corrected chi connectivity index (χ4v) is 2.03. The van der Waals surface area contributed by atoms with E-state index in [1.807, 2.05) is 6.92 Å². The van der Waals surface area contributed by atoms with Gasteiger partial charge in [-0.15, -0.1) is 0 Å². The van der Waals surface area contributed by atoms with Gasteiger partial charge in [0.25, 0.3) is 5.91 Å². The second kappa shape index (κ2) is 5.59. The Hall–Kier alpha value is -1.58. The van der Waals surface area contributed by atoms with E-state index in [4.69, 9.17) is 23.2 Å². The number of halogens is 3. The number of anilines is 1. The summed E-state index contributed by atoms with van der Waals surface area (Å²) in [6, 6.07) is 9.07. The lowest BCUT2D eigenvalue weighted by Gasteiger charge is -2.08. The Kier molecular flexibility index (Phi) is 4.08. The molecule has 0 saturated carbocycles. The quantitative estimate of drug-likeness (QED) is 0.856. The van der Waals surface area contributed by atoms with Gasteiger partial charge < -0.3 is 5.32 Å². The zero-order valence-corrected chi connectivity index (χ0v) is 11.5. The van der Waals surface area contributed by atoms with Gasteiger partial charge in [-0.3, -0.25) is 4.79 Å². The molecule has 0 atom stereocenters. The van der Waals surface area contributed by atoms with Crippen LogP contribution in [-0.4, -0.2) is 5.91 Å². The predicted octanol–water partition coefficient (Wildman–Crippen LogP) is 4.69. The summed E-state index contributed by atoms with van der Waals surface area (Å²) in [5, 5.41) is 3.20. The van der Waals surface area contributed by atoms with Crippen LogP contribution in [0.4, 0.5) is 10.1 Å². The molecule has 2 nitrogen and oxygen atoms in total. The Morgan fingerprint density at radius 2 is 1.89 bits per heavy atom. The summed E-state index contributed by atoms with van der Waals surface area (Å²) in [6.45, 7) is 1.89. The fraction of sp³-hybridized carbons (Fsp3) is 0.0714. The van der Waals surface area contributed by atoms with Crippen LogP contribution in [0.3, 0.4) is 0 Å². The SMILES string of the molecule is Cc1ccc(NC(=O)c2ccc(Cl)cc2F)c(Cl)c1. The van der Waals surface area contributed by atoms with Crippen LogP contribution in [0.1, 0.15) is 15.9 Å². The molecule has 98 valence electrons. The number of carbonyl (C=O) groups excluding carboxylic acids is 1. The summed E-state index contributed by atoms with van der Waals surface area (Å²) in [6.07, 6.45) is 0. The Labute approximate surface area is 120 Å². The molecule has 0 fully saturated rings. The second-order valence-corrected chi connectivity index (χ2v) is 4.91. The average molecular weight is 298 g/mol. The van der Waals surface area contributed by atoms with Crippen molar-refractivity contribution in [3.05, 3.63) is 63.4 Å². The van der Waals surface area contributed by atoms with Crippen molar-refractivity contribution in [1.82, 2.24) is 0 Å². The van der Waals surface area contributed by atoms with Gasteiger partial charge >= 0.3 is 0 Å². The number of hydrogen-bond donors (Lipinski definition) is 1. The summed E-state index contributed by atoms with van der Waals surface area (Å²) >= 11 is 11.6. The van der Waals surface area contributed by atoms with E-state index in [1.165, 1.54) is 12.1 Å². The number of benzene rings is 2. The van der Waals surface area contributed by atoms with Gasteiger partial charge in [0.1, 0.15) is 5.82 Å². The third kappa shape index (κ3) is 3.25. The minimum absolute atomic E-state index is 0.0824. The van der Waals surface area contributed by atoms with Gasteiger partial charge in [-0.2, -0.15) is 0 Å². The first-order valence-electron chi connectivity index (χ1n) is 5.50. The highest BCUT2D eigenvalue weighted by Gasteiger charge is 2.13. The van der Waals surface area contributed by atoms with Crippen LogP contribution in [0.2, 0.25) is 10.0 Å². The first kappa shape index (κ1) is 13.8. The lowest BCUT2D eigenvalue weighted by Crippen LogP contribution is -2.14. The van der Waals surface area contributed by atoms with Gasteiger partial charge in [0.2, 0.25) is 0 Å². The number of hydrogen-bond acceptors (Lipinski definition) is 1. The average Bonchev–Trinajstić information content (AvgIpc) is 2.32. The summed E-state index contributed by atoms with van der Waals surface area (Å²) in [4.78, 5) is 11.9. The molecule has 2 rings (SSSR count). The monoisotopic (exact) mass is 297 g/mol. The molecule has 5 heteroatoms. The third-order valence-corrected chi connectivity index (χ3v) is 3.10. The fourth-order valence-electron chi connectivity index (χ4n) is 1.58. The smallest absolute Gasteiger partial charge is 0.258 e. The Bertz CT molecular complexity index is 643. The van der Waals surface area contributed by atoms with E-state index in [-0.39, 0.29) is 10.6 Å². The highest BCUT2D eigenvalue weighted by atomic mass is 35.5. The number of nitrogens with one attached hydrogen (secondary N) is 1. The summed E-state index contributed by atoms with van der Waals surface area (Å²) in [5.74, 6) is -1.24. The van der Waals surface area contributed by atoms with Gasteiger partial charge in [0, 0.05) is 5.02 Å². The summed E-state index contributed by atoms with van der Waals surface area (Å²) in [5.41, 5.74) is 1.33. The highest BCUT2D eigenvalue weighted by molar-refractivity contribution is 6.34. The molecule has 0 aromatic heterocycles. The standard InChI is InChI=1S/C14H10Cl2FNO/c1-8-2-5-13(11(16)6-8)18-14(19)10-4-3-9(15)7-12(10)17/h2-7H,1H3,(H,18,19). The molecule has 0 bridgehead atoms. The van der Waals surface area contributed by atoms with Crippen LogP contribution in [-0.2, 0) is 0 Å². The highest BCUT2D eigenvalue weighted by Crippen LogP contribution is 2.24. The van der Waals surface area contributed by atoms with Gasteiger partial charge in [-0.1, -0.05) is 29.3 Å². The summed E-state index contributed by atoms with van der Waals surface area (Å²) in [7, 11) is 0. The van der Waals surface area contributed by atoms with E-state index in [1.54, 1.807) is 18.2 Å². The maximum absolute atomic E-state index is 13.6. The Balaban J connectivity index is 2.25. The zero-order valence-electron chi connectivity index (χ0n) is 10.0. The van der Waals surface area contributed by atoms with Crippen molar-refractivity contribution in [2.24, 2.45) is 0 Å². The normalized spacial score (nSPS) is 10.3. The lowest BCUT2D eigenvalue weighted by atomic mass is 10.2. The van der Waals surface area contributed by atoms with Crippen LogP contribution in [0.15, 0.2) is 36.4 Å². The van der Waals surface area contributed by atoms with Crippen molar-refractivity contribution in [1.29, 1.82) is 0 Å².